The van der Waals surface area contributed by atoms with E-state index in [9.17, 15) is 0 Å². The van der Waals surface area contributed by atoms with Crippen molar-refractivity contribution in [3.63, 3.8) is 0 Å². The highest BCUT2D eigenvalue weighted by atomic mass is 32.1. The summed E-state index contributed by atoms with van der Waals surface area (Å²) in [5.41, 5.74) is 8.61. The van der Waals surface area contributed by atoms with Crippen LogP contribution in [-0.2, 0) is 15.9 Å². The lowest BCUT2D eigenvalue weighted by Crippen LogP contribution is -2.31. The van der Waals surface area contributed by atoms with Crippen LogP contribution < -0.4 is 0 Å². The summed E-state index contributed by atoms with van der Waals surface area (Å²) in [6.45, 7) is 2.17. The van der Waals surface area contributed by atoms with Crippen molar-refractivity contribution in [2.24, 2.45) is 0 Å². The Bertz CT molecular complexity index is 894. The maximum Gasteiger partial charge on any atom is 0.183 e. The molecule has 1 heterocycles. The van der Waals surface area contributed by atoms with E-state index in [0.717, 1.165) is 63.1 Å². The molecule has 0 radical (unpaired) electrons. The summed E-state index contributed by atoms with van der Waals surface area (Å²) in [6.07, 6.45) is 11.1. The maximum absolute atomic E-state index is 5.86. The van der Waals surface area contributed by atoms with Crippen molar-refractivity contribution in [3.05, 3.63) is 64.4 Å². The zero-order valence-electron chi connectivity index (χ0n) is 17.6. The Balaban J connectivity index is 1.66. The molecular formula is C25H32NO2S+. The van der Waals surface area contributed by atoms with Crippen LogP contribution >= 0.6 is 12.6 Å². The molecule has 0 amide bonds. The molecule has 1 aromatic rings. The lowest BCUT2D eigenvalue weighted by Gasteiger charge is -2.29. The van der Waals surface area contributed by atoms with Gasteiger partial charge < -0.3 is 9.47 Å². The molecule has 4 rings (SSSR count). The Hall–Kier alpha value is -1.78. The number of ether oxygens (including phenoxy) is 2. The first-order valence-corrected chi connectivity index (χ1v) is 11.4. The van der Waals surface area contributed by atoms with Crippen LogP contribution in [0.3, 0.4) is 0 Å². The van der Waals surface area contributed by atoms with Gasteiger partial charge in [0.05, 0.1) is 7.11 Å². The third kappa shape index (κ3) is 4.10. The first-order chi connectivity index (χ1) is 14.3. The van der Waals surface area contributed by atoms with Gasteiger partial charge in [-0.2, -0.15) is 12.6 Å². The predicted molar refractivity (Wildman–Crippen MR) is 123 cm³/mol. The molecule has 0 fully saturated rings. The number of allylic oxidation sites excluding steroid dienone is 4. The second-order valence-electron chi connectivity index (χ2n) is 8.00. The lowest BCUT2D eigenvalue weighted by molar-refractivity contribution is -0.524. The molecule has 0 N–H and O–H groups in total. The van der Waals surface area contributed by atoms with Gasteiger partial charge in [-0.05, 0) is 30.4 Å². The van der Waals surface area contributed by atoms with Crippen molar-refractivity contribution < 1.29 is 14.0 Å². The van der Waals surface area contributed by atoms with E-state index in [1.54, 1.807) is 19.8 Å². The Morgan fingerprint density at radius 2 is 2.00 bits per heavy atom. The number of hydrogen-bond donors (Lipinski definition) is 1. The lowest BCUT2D eigenvalue weighted by atomic mass is 9.83. The molecule has 1 atom stereocenters. The van der Waals surface area contributed by atoms with Gasteiger partial charge in [0.15, 0.2) is 12.3 Å². The molecular weight excluding hydrogens is 378 g/mol. The molecule has 1 aliphatic heterocycles. The molecule has 0 aromatic heterocycles. The van der Waals surface area contributed by atoms with Gasteiger partial charge in [-0.25, -0.2) is 4.58 Å². The van der Waals surface area contributed by atoms with Crippen molar-refractivity contribution in [3.8, 4) is 0 Å². The summed E-state index contributed by atoms with van der Waals surface area (Å²) < 4.78 is 14.2. The third-order valence-corrected chi connectivity index (χ3v) is 6.68. The topological polar surface area (TPSA) is 21.5 Å². The van der Waals surface area contributed by atoms with Crippen LogP contribution in [0.5, 0.6) is 0 Å². The predicted octanol–water partition coefficient (Wildman–Crippen LogP) is 4.83. The van der Waals surface area contributed by atoms with Gasteiger partial charge in [0.25, 0.3) is 0 Å². The van der Waals surface area contributed by atoms with Crippen LogP contribution in [0.4, 0.5) is 0 Å². The summed E-state index contributed by atoms with van der Waals surface area (Å²) in [5.74, 6) is 1.92. The highest BCUT2D eigenvalue weighted by Crippen LogP contribution is 2.38. The van der Waals surface area contributed by atoms with E-state index in [2.05, 4.69) is 53.6 Å². The summed E-state index contributed by atoms with van der Waals surface area (Å²) >= 11 is 4.46. The number of thiol groups is 1. The van der Waals surface area contributed by atoms with Crippen LogP contribution in [0.15, 0.2) is 53.3 Å². The van der Waals surface area contributed by atoms with E-state index in [0.29, 0.717) is 0 Å². The number of hydrogen-bond acceptors (Lipinski definition) is 3. The van der Waals surface area contributed by atoms with E-state index in [-0.39, 0.29) is 6.10 Å². The van der Waals surface area contributed by atoms with Gasteiger partial charge in [-0.15, -0.1) is 0 Å². The molecule has 29 heavy (non-hydrogen) atoms. The normalized spacial score (nSPS) is 21.4. The summed E-state index contributed by atoms with van der Waals surface area (Å²) in [7, 11) is 3.56. The van der Waals surface area contributed by atoms with Gasteiger partial charge in [0.2, 0.25) is 0 Å². The average Bonchev–Trinajstić information content (AvgIpc) is 2.77. The number of rotatable bonds is 7. The van der Waals surface area contributed by atoms with Gasteiger partial charge >= 0.3 is 0 Å². The standard InChI is InChI=1S/C25H31NO2S/c1-27-24-17-19-7-3-4-8-20(19)22(25(24)28-2)12-11-18-13-14-26(15-16-29)23-10-6-5-9-21(18)23/h3-5,7-9,24H,6,10-17H2,1-2H3/p+1. The van der Waals surface area contributed by atoms with Crippen molar-refractivity contribution in [2.45, 2.75) is 44.6 Å². The molecule has 2 aliphatic carbocycles. The fourth-order valence-electron chi connectivity index (χ4n) is 5.06. The minimum absolute atomic E-state index is 0.0106. The average molecular weight is 411 g/mol. The number of methoxy groups -OCH3 is 2. The molecule has 0 spiro atoms. The zero-order chi connectivity index (χ0) is 20.2. The Morgan fingerprint density at radius 1 is 1.14 bits per heavy atom. The van der Waals surface area contributed by atoms with Crippen molar-refractivity contribution in [2.75, 3.05) is 33.1 Å². The van der Waals surface area contributed by atoms with Gasteiger partial charge in [0, 0.05) is 43.3 Å². The second-order valence-corrected chi connectivity index (χ2v) is 8.45. The van der Waals surface area contributed by atoms with Crippen LogP contribution in [0.25, 0.3) is 5.57 Å². The van der Waals surface area contributed by atoms with Gasteiger partial charge in [-0.3, -0.25) is 0 Å². The summed E-state index contributed by atoms with van der Waals surface area (Å²) in [5, 5.41) is 0. The van der Waals surface area contributed by atoms with E-state index in [1.807, 2.05) is 0 Å². The Labute approximate surface area is 180 Å². The summed E-state index contributed by atoms with van der Waals surface area (Å²) in [6, 6.07) is 8.71. The highest BCUT2D eigenvalue weighted by Gasteiger charge is 2.30. The van der Waals surface area contributed by atoms with Crippen LogP contribution in [0, 0.1) is 0 Å². The Morgan fingerprint density at radius 3 is 2.79 bits per heavy atom. The first-order valence-electron chi connectivity index (χ1n) is 10.8. The Kier molecular flexibility index (Phi) is 6.61. The fourth-order valence-corrected chi connectivity index (χ4v) is 5.30. The quantitative estimate of drug-likeness (QED) is 0.514. The highest BCUT2D eigenvalue weighted by molar-refractivity contribution is 7.80. The van der Waals surface area contributed by atoms with Gasteiger partial charge in [-0.1, -0.05) is 42.0 Å². The van der Waals surface area contributed by atoms with E-state index < -0.39 is 0 Å². The molecule has 154 valence electrons. The van der Waals surface area contributed by atoms with Gasteiger partial charge in [0.1, 0.15) is 18.4 Å². The first kappa shape index (κ1) is 20.5. The molecule has 4 heteroatoms. The van der Waals surface area contributed by atoms with E-state index in [4.69, 9.17) is 9.47 Å². The van der Waals surface area contributed by atoms with E-state index in [1.165, 1.54) is 28.0 Å². The smallest absolute Gasteiger partial charge is 0.183 e. The minimum Gasteiger partial charge on any atom is -0.498 e. The maximum atomic E-state index is 5.86. The molecule has 0 bridgehead atoms. The van der Waals surface area contributed by atoms with Crippen molar-refractivity contribution in [1.82, 2.24) is 0 Å². The van der Waals surface area contributed by atoms with E-state index >= 15 is 0 Å². The van der Waals surface area contributed by atoms with Crippen molar-refractivity contribution in [1.29, 1.82) is 0 Å². The van der Waals surface area contributed by atoms with Crippen LogP contribution in [0.1, 0.15) is 43.2 Å². The molecule has 3 nitrogen and oxygen atoms in total. The number of nitrogens with zero attached hydrogens (tertiary/aromatic N) is 1. The van der Waals surface area contributed by atoms with Crippen molar-refractivity contribution >= 4 is 23.9 Å². The largest absolute Gasteiger partial charge is 0.498 e. The fraction of sp³-hybridized carbons (Fsp3) is 0.480. The molecule has 1 aromatic carbocycles. The molecule has 1 unspecified atom stereocenters. The SMILES string of the molecule is COC1=C(CCC2=C3C=CCCC3=[N+](CCS)CC2)c2ccccc2CC1OC. The van der Waals surface area contributed by atoms with Crippen LogP contribution in [0.2, 0.25) is 0 Å². The monoisotopic (exact) mass is 410 g/mol. The van der Waals surface area contributed by atoms with Crippen LogP contribution in [-0.4, -0.2) is 49.5 Å². The molecule has 0 saturated heterocycles. The number of benzene rings is 1. The second kappa shape index (κ2) is 9.36. The third-order valence-electron chi connectivity index (χ3n) is 6.48. The summed E-state index contributed by atoms with van der Waals surface area (Å²) in [4.78, 5) is 0. The zero-order valence-corrected chi connectivity index (χ0v) is 18.5. The molecule has 3 aliphatic rings. The number of fused-ring (bicyclic) bond motifs is 2. The molecule has 0 saturated carbocycles. The minimum atomic E-state index is 0.0106.